The van der Waals surface area contributed by atoms with Crippen molar-refractivity contribution >= 4 is 23.9 Å². The van der Waals surface area contributed by atoms with Crippen molar-refractivity contribution in [3.05, 3.63) is 58.7 Å². The van der Waals surface area contributed by atoms with E-state index in [-0.39, 0.29) is 4.90 Å². The van der Waals surface area contributed by atoms with Gasteiger partial charge in [-0.3, -0.25) is 9.80 Å². The molecule has 2 aromatic rings. The summed E-state index contributed by atoms with van der Waals surface area (Å²) in [6.07, 6.45) is -0.845. The highest BCUT2D eigenvalue weighted by atomic mass is 32.2. The van der Waals surface area contributed by atoms with Gasteiger partial charge < -0.3 is 5.01 Å². The van der Waals surface area contributed by atoms with Crippen LogP contribution in [-0.2, 0) is 23.1 Å². The lowest BCUT2D eigenvalue weighted by atomic mass is 10.0. The van der Waals surface area contributed by atoms with E-state index in [1.54, 1.807) is 24.2 Å². The van der Waals surface area contributed by atoms with Gasteiger partial charge in [0.05, 0.1) is 11.3 Å². The number of nitrogens with two attached hydrogens (primary N) is 2. The molecule has 0 saturated heterocycles. The fourth-order valence-corrected chi connectivity index (χ4v) is 4.34. The van der Waals surface area contributed by atoms with Gasteiger partial charge in [-0.15, -0.1) is 11.8 Å². The van der Waals surface area contributed by atoms with Gasteiger partial charge >= 0.3 is 6.18 Å². The zero-order valence-electron chi connectivity index (χ0n) is 17.9. The Bertz CT molecular complexity index is 863. The molecule has 3 rings (SSSR count). The van der Waals surface area contributed by atoms with Crippen LogP contribution in [0.3, 0.4) is 0 Å². The molecule has 2 aromatic carbocycles. The normalized spacial score (nSPS) is 13.3. The summed E-state index contributed by atoms with van der Waals surface area (Å²) in [6.45, 7) is 1.95. The van der Waals surface area contributed by atoms with Crippen LogP contribution < -0.4 is 16.7 Å². The van der Waals surface area contributed by atoms with Crippen molar-refractivity contribution in [3.8, 4) is 0 Å². The summed E-state index contributed by atoms with van der Waals surface area (Å²) in [5.41, 5.74) is 3.48. The Morgan fingerprint density at radius 2 is 1.81 bits per heavy atom. The third kappa shape index (κ3) is 7.15. The molecule has 31 heavy (non-hydrogen) atoms. The van der Waals surface area contributed by atoms with E-state index in [1.807, 2.05) is 19.1 Å². The Hall–Kier alpha value is -2.23. The van der Waals surface area contributed by atoms with Crippen LogP contribution in [0.25, 0.3) is 0 Å². The van der Waals surface area contributed by atoms with E-state index in [4.69, 9.17) is 11.7 Å². The van der Waals surface area contributed by atoms with Gasteiger partial charge in [0.25, 0.3) is 0 Å². The van der Waals surface area contributed by atoms with Crippen molar-refractivity contribution in [2.75, 3.05) is 19.1 Å². The number of carbonyl (C=O) groups is 1. The zero-order chi connectivity index (χ0) is 23.2. The van der Waals surface area contributed by atoms with Crippen molar-refractivity contribution in [1.29, 1.82) is 0 Å². The number of hydrazine groups is 2. The van der Waals surface area contributed by atoms with Crippen LogP contribution in [0.2, 0.25) is 0 Å². The van der Waals surface area contributed by atoms with E-state index < -0.39 is 11.7 Å². The summed E-state index contributed by atoms with van der Waals surface area (Å²) < 4.78 is 40.2. The van der Waals surface area contributed by atoms with E-state index in [1.165, 1.54) is 30.4 Å². The maximum atomic E-state index is 13.4. The molecule has 170 valence electrons. The van der Waals surface area contributed by atoms with Crippen LogP contribution in [0.5, 0.6) is 0 Å². The number of hydrogen-bond donors (Lipinski definition) is 2. The van der Waals surface area contributed by atoms with E-state index >= 15 is 0 Å². The number of aryl methyl sites for hydroxylation is 1. The number of benzene rings is 2. The Morgan fingerprint density at radius 1 is 1.16 bits per heavy atom. The Kier molecular flexibility index (Phi) is 8.79. The summed E-state index contributed by atoms with van der Waals surface area (Å²) in [6, 6.07) is 10.4. The average molecular weight is 455 g/mol. The van der Waals surface area contributed by atoms with Crippen LogP contribution in [0.1, 0.15) is 47.9 Å². The molecule has 5 nitrogen and oxygen atoms in total. The van der Waals surface area contributed by atoms with Gasteiger partial charge in [-0.1, -0.05) is 25.1 Å². The molecule has 0 aromatic heterocycles. The number of halogens is 3. The second-order valence-electron chi connectivity index (χ2n) is 7.47. The van der Waals surface area contributed by atoms with Crippen molar-refractivity contribution < 1.29 is 18.0 Å². The van der Waals surface area contributed by atoms with Crippen LogP contribution in [0.15, 0.2) is 41.3 Å². The SMILES string of the molecule is CCc1ccc(C(F)(F)F)c(SCc2c(C3CC3)cccc2N(C)N)c1.CN(N)C=O. The minimum atomic E-state index is -4.35. The molecule has 0 radical (unpaired) electrons. The molecule has 0 spiro atoms. The summed E-state index contributed by atoms with van der Waals surface area (Å²) in [5.74, 6) is 11.7. The van der Waals surface area contributed by atoms with Crippen LogP contribution in [-0.4, -0.2) is 25.5 Å². The Morgan fingerprint density at radius 3 is 2.29 bits per heavy atom. The number of nitrogens with zero attached hydrogens (tertiary/aromatic N) is 2. The highest BCUT2D eigenvalue weighted by molar-refractivity contribution is 7.98. The van der Waals surface area contributed by atoms with Gasteiger partial charge in [-0.2, -0.15) is 13.2 Å². The summed E-state index contributed by atoms with van der Waals surface area (Å²) in [5, 5.41) is 2.49. The molecule has 0 bridgehead atoms. The molecule has 1 saturated carbocycles. The van der Waals surface area contributed by atoms with Crippen LogP contribution in [0.4, 0.5) is 18.9 Å². The smallest absolute Gasteiger partial charge is 0.314 e. The molecule has 1 fully saturated rings. The van der Waals surface area contributed by atoms with E-state index in [0.717, 1.165) is 34.7 Å². The molecule has 1 amide bonds. The fourth-order valence-electron chi connectivity index (χ4n) is 3.15. The standard InChI is InChI=1S/C20H23F3N2S.C2H6N2O/c1-3-13-7-10-17(20(21,22)23)19(11-13)26-12-16-15(14-8-9-14)5-4-6-18(16)25(2)24;1-4(3)2-5/h4-7,10-11,14H,3,8-9,12,24H2,1-2H3;2H,3H2,1H3. The van der Waals surface area contributed by atoms with Gasteiger partial charge in [0.15, 0.2) is 0 Å². The highest BCUT2D eigenvalue weighted by Crippen LogP contribution is 2.46. The monoisotopic (exact) mass is 454 g/mol. The highest BCUT2D eigenvalue weighted by Gasteiger charge is 2.34. The first-order valence-electron chi connectivity index (χ1n) is 9.94. The molecule has 4 N–H and O–H groups in total. The first-order valence-corrected chi connectivity index (χ1v) is 10.9. The molecule has 0 unspecified atom stereocenters. The number of amides is 1. The molecule has 1 aliphatic rings. The lowest BCUT2D eigenvalue weighted by Gasteiger charge is -2.21. The minimum absolute atomic E-state index is 0.285. The number of anilines is 1. The molecule has 0 aliphatic heterocycles. The summed E-state index contributed by atoms with van der Waals surface area (Å²) in [4.78, 5) is 9.59. The summed E-state index contributed by atoms with van der Waals surface area (Å²) >= 11 is 1.25. The summed E-state index contributed by atoms with van der Waals surface area (Å²) in [7, 11) is 3.23. The Balaban J connectivity index is 0.000000614. The molecule has 9 heteroatoms. The third-order valence-electron chi connectivity index (χ3n) is 4.88. The molecular weight excluding hydrogens is 425 g/mol. The maximum absolute atomic E-state index is 13.4. The van der Waals surface area contributed by atoms with Gasteiger partial charge in [-0.25, -0.2) is 11.7 Å². The number of thioether (sulfide) groups is 1. The van der Waals surface area contributed by atoms with Crippen LogP contribution >= 0.6 is 11.8 Å². The van der Waals surface area contributed by atoms with Crippen LogP contribution in [0, 0.1) is 0 Å². The predicted octanol–water partition coefficient (Wildman–Crippen LogP) is 4.70. The Labute approximate surface area is 185 Å². The minimum Gasteiger partial charge on any atom is -0.314 e. The maximum Gasteiger partial charge on any atom is 0.417 e. The van der Waals surface area contributed by atoms with Gasteiger partial charge in [-0.05, 0) is 60.1 Å². The third-order valence-corrected chi connectivity index (χ3v) is 5.96. The van der Waals surface area contributed by atoms with E-state index in [2.05, 4.69) is 6.07 Å². The topological polar surface area (TPSA) is 75.6 Å². The number of hydrogen-bond acceptors (Lipinski definition) is 5. The average Bonchev–Trinajstić information content (AvgIpc) is 3.56. The second kappa shape index (κ2) is 10.9. The largest absolute Gasteiger partial charge is 0.417 e. The first-order chi connectivity index (χ1) is 14.6. The lowest BCUT2D eigenvalue weighted by Crippen LogP contribution is -2.26. The van der Waals surface area contributed by atoms with E-state index in [9.17, 15) is 18.0 Å². The van der Waals surface area contributed by atoms with Gasteiger partial charge in [0, 0.05) is 24.7 Å². The number of carbonyl (C=O) groups excluding carboxylic acids is 1. The van der Waals surface area contributed by atoms with Crippen molar-refractivity contribution in [2.24, 2.45) is 11.7 Å². The first kappa shape index (κ1) is 25.0. The molecule has 1 aliphatic carbocycles. The molecular formula is C22H29F3N4OS. The molecule has 0 heterocycles. The van der Waals surface area contributed by atoms with Crippen molar-refractivity contribution in [1.82, 2.24) is 5.01 Å². The van der Waals surface area contributed by atoms with E-state index in [0.29, 0.717) is 24.5 Å². The lowest BCUT2D eigenvalue weighted by molar-refractivity contribution is -0.139. The fraction of sp³-hybridized carbons (Fsp3) is 0.409. The van der Waals surface area contributed by atoms with Crippen molar-refractivity contribution in [3.63, 3.8) is 0 Å². The molecule has 0 atom stereocenters. The number of rotatable bonds is 7. The van der Waals surface area contributed by atoms with Gasteiger partial charge in [0.1, 0.15) is 0 Å². The van der Waals surface area contributed by atoms with Gasteiger partial charge in [0.2, 0.25) is 6.41 Å². The zero-order valence-corrected chi connectivity index (χ0v) is 18.8. The second-order valence-corrected chi connectivity index (χ2v) is 8.49. The number of alkyl halides is 3. The quantitative estimate of drug-likeness (QED) is 0.209. The van der Waals surface area contributed by atoms with Crippen molar-refractivity contribution in [2.45, 2.75) is 48.9 Å². The predicted molar refractivity (Wildman–Crippen MR) is 119 cm³/mol.